The van der Waals surface area contributed by atoms with E-state index in [0.29, 0.717) is 29.9 Å². The lowest BCUT2D eigenvalue weighted by molar-refractivity contribution is -0.130. The summed E-state index contributed by atoms with van der Waals surface area (Å²) in [7, 11) is 3.38. The summed E-state index contributed by atoms with van der Waals surface area (Å²) in [6, 6.07) is 3.83. The molecule has 0 saturated heterocycles. The minimum atomic E-state index is -0.619. The van der Waals surface area contributed by atoms with E-state index in [9.17, 15) is 9.59 Å². The number of nitrogens with one attached hydrogen (secondary N) is 1. The normalized spacial score (nSPS) is 14.6. The second kappa shape index (κ2) is 10.9. The number of benzene rings is 1. The number of aryl methyl sites for hydroxylation is 2. The van der Waals surface area contributed by atoms with Crippen LogP contribution in [0.2, 0.25) is 0 Å². The van der Waals surface area contributed by atoms with E-state index in [1.165, 1.54) is 0 Å². The predicted octanol–water partition coefficient (Wildman–Crippen LogP) is 5.16. The average Bonchev–Trinajstić information content (AvgIpc) is 3.52. The van der Waals surface area contributed by atoms with Crippen molar-refractivity contribution in [2.45, 2.75) is 66.3 Å². The van der Waals surface area contributed by atoms with Gasteiger partial charge in [-0.15, -0.1) is 5.10 Å². The van der Waals surface area contributed by atoms with Crippen LogP contribution in [0.1, 0.15) is 58.6 Å². The smallest absolute Gasteiger partial charge is 0.434 e. The number of amides is 1. The Balaban J connectivity index is 1.94. The van der Waals surface area contributed by atoms with Crippen molar-refractivity contribution in [3.8, 4) is 17.2 Å². The third-order valence-electron chi connectivity index (χ3n) is 6.53. The number of likely N-dealkylation sites (N-methyl/N-ethyl adjacent to an activating group) is 1. The second-order valence-corrected chi connectivity index (χ2v) is 10.1. The zero-order chi connectivity index (χ0) is 26.6. The molecule has 1 aromatic carbocycles. The Labute approximate surface area is 212 Å². The van der Waals surface area contributed by atoms with Crippen molar-refractivity contribution in [2.75, 3.05) is 14.2 Å². The highest BCUT2D eigenvalue weighted by Crippen LogP contribution is 2.32. The van der Waals surface area contributed by atoms with Crippen molar-refractivity contribution in [1.29, 1.82) is 0 Å². The first-order valence-corrected chi connectivity index (χ1v) is 12.0. The lowest BCUT2D eigenvalue weighted by atomic mass is 9.97. The minimum Gasteiger partial charge on any atom is -0.496 e. The SMILES string of the molecule is COc1cc(CC/C(C)=C(/N=C(C)C2=CC=CC2)C(=O)N(C)C(C)(C)C)c(C)cc1-c1n[nH]c(=O)o1. The van der Waals surface area contributed by atoms with Gasteiger partial charge in [0.25, 0.3) is 11.8 Å². The fraction of sp³-hybridized carbons (Fsp3) is 0.429. The molecule has 0 spiro atoms. The van der Waals surface area contributed by atoms with Crippen LogP contribution in [0.25, 0.3) is 11.5 Å². The second-order valence-electron chi connectivity index (χ2n) is 10.1. The molecule has 0 saturated carbocycles. The van der Waals surface area contributed by atoms with E-state index < -0.39 is 5.76 Å². The molecule has 8 heteroatoms. The Morgan fingerprint density at radius 2 is 2.00 bits per heavy atom. The highest BCUT2D eigenvalue weighted by molar-refractivity contribution is 6.04. The van der Waals surface area contributed by atoms with Crippen LogP contribution in [-0.2, 0) is 11.2 Å². The van der Waals surface area contributed by atoms with Crippen LogP contribution in [0.15, 0.2) is 61.4 Å². The van der Waals surface area contributed by atoms with E-state index in [1.807, 2.05) is 72.9 Å². The van der Waals surface area contributed by atoms with Gasteiger partial charge in [0, 0.05) is 18.3 Å². The Morgan fingerprint density at radius 3 is 2.56 bits per heavy atom. The van der Waals surface area contributed by atoms with Crippen LogP contribution in [0.5, 0.6) is 5.75 Å². The molecule has 2 aromatic rings. The maximum absolute atomic E-state index is 13.5. The molecule has 192 valence electrons. The third-order valence-corrected chi connectivity index (χ3v) is 6.53. The molecule has 0 atom stereocenters. The highest BCUT2D eigenvalue weighted by atomic mass is 16.5. The van der Waals surface area contributed by atoms with Crippen LogP contribution in [-0.4, -0.2) is 46.4 Å². The van der Waals surface area contributed by atoms with Gasteiger partial charge in [-0.3, -0.25) is 4.79 Å². The number of allylic oxidation sites excluding steroid dienone is 5. The number of ether oxygens (including phenoxy) is 1. The number of aliphatic imine (C=N–C) groups is 1. The predicted molar refractivity (Wildman–Crippen MR) is 142 cm³/mol. The van der Waals surface area contributed by atoms with Crippen LogP contribution in [0.4, 0.5) is 0 Å². The Hall–Kier alpha value is -3.68. The molecular weight excluding hydrogens is 456 g/mol. The molecule has 0 radical (unpaired) electrons. The maximum atomic E-state index is 13.5. The zero-order valence-corrected chi connectivity index (χ0v) is 22.5. The van der Waals surface area contributed by atoms with E-state index >= 15 is 0 Å². The van der Waals surface area contributed by atoms with Gasteiger partial charge in [-0.25, -0.2) is 14.9 Å². The third kappa shape index (κ3) is 6.11. The number of hydrogen-bond acceptors (Lipinski definition) is 6. The van der Waals surface area contributed by atoms with E-state index in [4.69, 9.17) is 14.1 Å². The Morgan fingerprint density at radius 1 is 1.28 bits per heavy atom. The lowest BCUT2D eigenvalue weighted by Gasteiger charge is -2.32. The summed E-state index contributed by atoms with van der Waals surface area (Å²) >= 11 is 0. The van der Waals surface area contributed by atoms with Gasteiger partial charge < -0.3 is 14.1 Å². The first-order valence-electron chi connectivity index (χ1n) is 12.0. The van der Waals surface area contributed by atoms with Gasteiger partial charge in [0.2, 0.25) is 0 Å². The largest absolute Gasteiger partial charge is 0.496 e. The maximum Gasteiger partial charge on any atom is 0.434 e. The molecule has 0 unspecified atom stereocenters. The molecule has 8 nitrogen and oxygen atoms in total. The summed E-state index contributed by atoms with van der Waals surface area (Å²) in [4.78, 5) is 31.5. The van der Waals surface area contributed by atoms with Crippen LogP contribution in [0.3, 0.4) is 0 Å². The quantitative estimate of drug-likeness (QED) is 0.405. The summed E-state index contributed by atoms with van der Waals surface area (Å²) in [6.45, 7) is 11.9. The van der Waals surface area contributed by atoms with Gasteiger partial charge in [0.05, 0.1) is 12.7 Å². The monoisotopic (exact) mass is 492 g/mol. The zero-order valence-electron chi connectivity index (χ0n) is 22.5. The van der Waals surface area contributed by atoms with Crippen LogP contribution >= 0.6 is 0 Å². The lowest BCUT2D eigenvalue weighted by Crippen LogP contribution is -2.43. The number of hydrogen-bond donors (Lipinski definition) is 1. The molecule has 1 amide bonds. The van der Waals surface area contributed by atoms with Crippen molar-refractivity contribution >= 4 is 11.6 Å². The molecule has 1 aliphatic carbocycles. The van der Waals surface area contributed by atoms with Gasteiger partial charge in [0.1, 0.15) is 11.4 Å². The number of rotatable bonds is 8. The minimum absolute atomic E-state index is 0.0934. The molecular formula is C28H36N4O4. The summed E-state index contributed by atoms with van der Waals surface area (Å²) in [6.07, 6.45) is 8.31. The summed E-state index contributed by atoms with van der Waals surface area (Å²) in [5.74, 6) is 0.0306. The van der Waals surface area contributed by atoms with Gasteiger partial charge in [0.15, 0.2) is 0 Å². The van der Waals surface area contributed by atoms with Crippen molar-refractivity contribution in [3.63, 3.8) is 0 Å². The van der Waals surface area contributed by atoms with Crippen molar-refractivity contribution in [1.82, 2.24) is 15.1 Å². The first kappa shape index (κ1) is 26.9. The van der Waals surface area contributed by atoms with Gasteiger partial charge in [-0.05, 0) is 95.2 Å². The van der Waals surface area contributed by atoms with E-state index in [-0.39, 0.29) is 17.3 Å². The molecule has 3 rings (SSSR count). The number of nitrogens with zero attached hydrogens (tertiary/aromatic N) is 3. The van der Waals surface area contributed by atoms with E-state index in [2.05, 4.69) is 16.3 Å². The van der Waals surface area contributed by atoms with Gasteiger partial charge in [-0.2, -0.15) is 0 Å². The molecule has 0 bridgehead atoms. The number of aromatic nitrogens is 2. The molecule has 0 fully saturated rings. The van der Waals surface area contributed by atoms with Crippen molar-refractivity contribution in [2.24, 2.45) is 4.99 Å². The Bertz CT molecular complexity index is 1320. The fourth-order valence-corrected chi connectivity index (χ4v) is 3.87. The summed E-state index contributed by atoms with van der Waals surface area (Å²) in [5.41, 5.74) is 5.71. The molecule has 0 aliphatic heterocycles. The highest BCUT2D eigenvalue weighted by Gasteiger charge is 2.26. The topological polar surface area (TPSA) is 101 Å². The van der Waals surface area contributed by atoms with Crippen LogP contribution < -0.4 is 10.5 Å². The first-order chi connectivity index (χ1) is 16.9. The summed E-state index contributed by atoms with van der Waals surface area (Å²) in [5, 5.41) is 6.20. The summed E-state index contributed by atoms with van der Waals surface area (Å²) < 4.78 is 10.7. The average molecular weight is 493 g/mol. The number of H-pyrrole nitrogens is 1. The van der Waals surface area contributed by atoms with Gasteiger partial charge in [-0.1, -0.05) is 18.2 Å². The fourth-order valence-electron chi connectivity index (χ4n) is 3.87. The number of methoxy groups -OCH3 is 1. The molecule has 1 aromatic heterocycles. The molecule has 36 heavy (non-hydrogen) atoms. The van der Waals surface area contributed by atoms with Crippen molar-refractivity contribution < 1.29 is 13.9 Å². The standard InChI is InChI=1S/C28H36N4O4/c1-17(24(26(33)32(7)28(4,5)6)29-19(3)20-11-9-10-12-20)13-14-21-16-23(35-8)22(15-18(21)2)25-30-31-27(34)36-25/h9-11,15-16H,12-14H2,1-8H3,(H,31,34)/b24-17+,29-19?. The molecule has 1 aliphatic rings. The van der Waals surface area contributed by atoms with Crippen LogP contribution in [0, 0.1) is 6.92 Å². The van der Waals surface area contributed by atoms with E-state index in [0.717, 1.165) is 34.4 Å². The van der Waals surface area contributed by atoms with E-state index in [1.54, 1.807) is 12.0 Å². The van der Waals surface area contributed by atoms with Gasteiger partial charge >= 0.3 is 5.76 Å². The molecule has 1 heterocycles. The number of aromatic amines is 1. The molecule has 1 N–H and O–H groups in total. The number of carbonyl (C=O) groups excluding carboxylic acids is 1. The van der Waals surface area contributed by atoms with Crippen molar-refractivity contribution in [3.05, 3.63) is 68.9 Å². The number of carbonyl (C=O) groups is 1. The Kier molecular flexibility index (Phi) is 8.17.